The number of hydrogen-bond acceptors (Lipinski definition) is 10. The second-order valence-corrected chi connectivity index (χ2v) is 16.7. The number of hydrogen-bond donors (Lipinski definition) is 2. The van der Waals surface area contributed by atoms with Crippen molar-refractivity contribution in [1.82, 2.24) is 0 Å². The van der Waals surface area contributed by atoms with Gasteiger partial charge in [0.2, 0.25) is 0 Å². The molecule has 4 aliphatic carbocycles. The van der Waals surface area contributed by atoms with E-state index >= 15 is 0 Å². The number of esters is 2. The zero-order valence-corrected chi connectivity index (χ0v) is 38.4. The van der Waals surface area contributed by atoms with E-state index in [-0.39, 0.29) is 113 Å². The molecule has 0 aromatic rings. The first kappa shape index (κ1) is 68.1. The van der Waals surface area contributed by atoms with Crippen molar-refractivity contribution in [1.29, 1.82) is 0 Å². The van der Waals surface area contributed by atoms with Gasteiger partial charge in [-0.1, -0.05) is 106 Å². The van der Waals surface area contributed by atoms with Crippen molar-refractivity contribution < 1.29 is 58.0 Å². The van der Waals surface area contributed by atoms with Gasteiger partial charge in [-0.05, 0) is 101 Å². The summed E-state index contributed by atoms with van der Waals surface area (Å²) in [5.74, 6) is -0.493. The Labute approximate surface area is 399 Å². The van der Waals surface area contributed by atoms with Gasteiger partial charge in [0.05, 0.1) is 14.2 Å². The number of aliphatic carboxylic acids is 2. The van der Waals surface area contributed by atoms with Gasteiger partial charge in [-0.3, -0.25) is 38.4 Å². The van der Waals surface area contributed by atoms with Gasteiger partial charge in [-0.25, -0.2) is 0 Å². The summed E-state index contributed by atoms with van der Waals surface area (Å²) in [5, 5.41) is 17.4. The fourth-order valence-corrected chi connectivity index (χ4v) is 8.86. The summed E-state index contributed by atoms with van der Waals surface area (Å²) >= 11 is 0. The van der Waals surface area contributed by atoms with Gasteiger partial charge in [-0.15, -0.1) is 0 Å². The lowest BCUT2D eigenvalue weighted by Gasteiger charge is -2.15. The molecule has 0 aromatic carbocycles. The molecule has 0 saturated heterocycles. The molecule has 0 heterocycles. The molecule has 4 fully saturated rings. The van der Waals surface area contributed by atoms with Crippen molar-refractivity contribution in [3.05, 3.63) is 48.6 Å². The molecular weight excluding hydrogens is 841 g/mol. The van der Waals surface area contributed by atoms with Crippen molar-refractivity contribution in [2.45, 2.75) is 186 Å². The molecule has 4 aliphatic rings. The molecule has 0 aliphatic heterocycles. The molecule has 0 aromatic heterocycles. The van der Waals surface area contributed by atoms with E-state index in [2.05, 4.69) is 47.6 Å². The number of carboxylic acid groups (broad SMARTS) is 2. The van der Waals surface area contributed by atoms with Gasteiger partial charge in [0.15, 0.2) is 0 Å². The second kappa shape index (κ2) is 39.7. The van der Waals surface area contributed by atoms with Crippen LogP contribution in [-0.2, 0) is 47.8 Å². The Morgan fingerprint density at radius 1 is 0.424 bits per heavy atom. The van der Waals surface area contributed by atoms with Crippen molar-refractivity contribution in [2.75, 3.05) is 14.2 Å². The summed E-state index contributed by atoms with van der Waals surface area (Å²) in [5.41, 5.74) is 0. The second-order valence-electron chi connectivity index (χ2n) is 16.7. The highest BCUT2D eigenvalue weighted by Gasteiger charge is 2.37. The van der Waals surface area contributed by atoms with E-state index in [0.29, 0.717) is 62.9 Å². The molecule has 66 heavy (non-hydrogen) atoms. The van der Waals surface area contributed by atoms with E-state index in [0.717, 1.165) is 64.2 Å². The van der Waals surface area contributed by atoms with E-state index in [1.54, 1.807) is 0 Å². The monoisotopic (exact) mass is 933 g/mol. The average molecular weight is 933 g/mol. The number of carboxylic acids is 2. The SMILES string of the molecule is C.C.C.C.CC/C=C/C[C@H]1C(=O)CC[C@H]1CC(=O)O.CC/C=C/C[C@H]1C(=O)CC[C@H]1CC(=O)OC.CC/C=C\C[C@H]1C(=O)CC[C@H]1CC(=O)O.CC/C=C\C[C@H]1C(=O)CC[C@H]1CC(=O)OC. The predicted molar refractivity (Wildman–Crippen MR) is 266 cm³/mol. The largest absolute Gasteiger partial charge is 0.481 e. The van der Waals surface area contributed by atoms with Gasteiger partial charge >= 0.3 is 23.9 Å². The van der Waals surface area contributed by atoms with Crippen LogP contribution in [0.4, 0.5) is 0 Å². The van der Waals surface area contributed by atoms with Crippen molar-refractivity contribution in [2.24, 2.45) is 47.3 Å². The first-order valence-corrected chi connectivity index (χ1v) is 22.9. The molecule has 12 nitrogen and oxygen atoms in total. The number of rotatable bonds is 20. The molecule has 380 valence electrons. The lowest BCUT2D eigenvalue weighted by atomic mass is 9.89. The Morgan fingerprint density at radius 2 is 0.636 bits per heavy atom. The normalized spacial score (nSPS) is 24.2. The first-order valence-electron chi connectivity index (χ1n) is 22.9. The molecule has 0 radical (unpaired) electrons. The van der Waals surface area contributed by atoms with Crippen LogP contribution in [0.5, 0.6) is 0 Å². The Hall–Kier alpha value is -4.48. The lowest BCUT2D eigenvalue weighted by molar-refractivity contribution is -0.143. The number of allylic oxidation sites excluding steroid dienone is 8. The highest BCUT2D eigenvalue weighted by atomic mass is 16.5. The molecule has 12 heteroatoms. The molecular formula is C54H92O12. The fraction of sp³-hybridized carbons (Fsp3) is 0.704. The topological polar surface area (TPSA) is 195 Å². The van der Waals surface area contributed by atoms with Gasteiger partial charge in [0, 0.05) is 75.0 Å². The minimum atomic E-state index is -0.792. The van der Waals surface area contributed by atoms with Crippen LogP contribution in [0.25, 0.3) is 0 Å². The summed E-state index contributed by atoms with van der Waals surface area (Å²) in [4.78, 5) is 90.0. The zero-order valence-electron chi connectivity index (χ0n) is 38.4. The minimum absolute atomic E-state index is 0. The fourth-order valence-electron chi connectivity index (χ4n) is 8.86. The maximum atomic E-state index is 11.7. The van der Waals surface area contributed by atoms with E-state index in [1.165, 1.54) is 14.2 Å². The molecule has 0 unspecified atom stereocenters. The van der Waals surface area contributed by atoms with Gasteiger partial charge in [0.25, 0.3) is 0 Å². The van der Waals surface area contributed by atoms with Crippen LogP contribution in [0.1, 0.15) is 186 Å². The van der Waals surface area contributed by atoms with Gasteiger partial charge < -0.3 is 19.7 Å². The maximum absolute atomic E-state index is 11.7. The Morgan fingerprint density at radius 3 is 0.818 bits per heavy atom. The number of carbonyl (C=O) groups is 8. The smallest absolute Gasteiger partial charge is 0.305 e. The number of methoxy groups -OCH3 is 2. The number of Topliss-reactive ketones (excluding diaryl/α,β-unsaturated/α-hetero) is 4. The van der Waals surface area contributed by atoms with Crippen LogP contribution >= 0.6 is 0 Å². The summed E-state index contributed by atoms with van der Waals surface area (Å²) in [7, 11) is 2.79. The van der Waals surface area contributed by atoms with E-state index in [1.807, 2.05) is 38.2 Å². The van der Waals surface area contributed by atoms with Crippen LogP contribution in [0.15, 0.2) is 48.6 Å². The Kier molecular flexibility index (Phi) is 40.9. The van der Waals surface area contributed by atoms with Crippen molar-refractivity contribution >= 4 is 47.0 Å². The van der Waals surface area contributed by atoms with Gasteiger partial charge in [0.1, 0.15) is 23.1 Å². The predicted octanol–water partition coefficient (Wildman–Crippen LogP) is 12.4. The zero-order chi connectivity index (χ0) is 46.5. The highest BCUT2D eigenvalue weighted by Crippen LogP contribution is 2.37. The quantitative estimate of drug-likeness (QED) is 0.0867. The molecule has 0 amide bonds. The van der Waals surface area contributed by atoms with Crippen LogP contribution < -0.4 is 0 Å². The van der Waals surface area contributed by atoms with Crippen LogP contribution in [0.2, 0.25) is 0 Å². The maximum Gasteiger partial charge on any atom is 0.305 e. The third-order valence-electron chi connectivity index (χ3n) is 12.3. The number of ether oxygens (including phenoxy) is 2. The summed E-state index contributed by atoms with van der Waals surface area (Å²) in [6, 6.07) is 0. The number of carbonyl (C=O) groups excluding carboxylic acids is 6. The third-order valence-corrected chi connectivity index (χ3v) is 12.3. The molecule has 0 bridgehead atoms. The standard InChI is InChI=1S/2C13H20O3.2C12H18O3.4CH4/c2*1-3-4-5-6-11-10(7-8-12(11)14)9-13(15)16-2;2*1-2-3-4-5-10-9(8-12(14)15)6-7-11(10)13;;;;/h2*4-5,10-11H,3,6-9H2,1-2H3;2*3-4,9-10H,2,5-8H2,1H3,(H,14,15);4*1H4/b5-4+;5-4-;4-3+;4-3-;;;;/t2*10-,11+;2*9-,10+;;;;/m0000..../s1. The van der Waals surface area contributed by atoms with E-state index in [9.17, 15) is 38.4 Å². The summed E-state index contributed by atoms with van der Waals surface area (Å²) in [6.07, 6.45) is 29.7. The average Bonchev–Trinajstić information content (AvgIpc) is 3.98. The highest BCUT2D eigenvalue weighted by molar-refractivity contribution is 5.86. The number of ketones is 4. The van der Waals surface area contributed by atoms with Crippen molar-refractivity contribution in [3.8, 4) is 0 Å². The molecule has 0 spiro atoms. The third kappa shape index (κ3) is 26.6. The van der Waals surface area contributed by atoms with Crippen LogP contribution in [-0.4, -0.2) is 71.4 Å². The molecule has 4 rings (SSSR count). The van der Waals surface area contributed by atoms with Crippen LogP contribution in [0, 0.1) is 47.3 Å². The summed E-state index contributed by atoms with van der Waals surface area (Å²) in [6.45, 7) is 8.22. The van der Waals surface area contributed by atoms with E-state index in [4.69, 9.17) is 10.2 Å². The van der Waals surface area contributed by atoms with Crippen molar-refractivity contribution in [3.63, 3.8) is 0 Å². The minimum Gasteiger partial charge on any atom is -0.481 e. The first-order chi connectivity index (χ1) is 29.7. The van der Waals surface area contributed by atoms with E-state index < -0.39 is 11.9 Å². The lowest BCUT2D eigenvalue weighted by Crippen LogP contribution is -2.18. The Bertz CT molecular complexity index is 1440. The Balaban J connectivity index is -0.000000381. The molecule has 4 saturated carbocycles. The molecule has 2 N–H and O–H groups in total. The summed E-state index contributed by atoms with van der Waals surface area (Å²) < 4.78 is 9.31. The van der Waals surface area contributed by atoms with Crippen LogP contribution in [0.3, 0.4) is 0 Å². The molecule has 8 atom stereocenters. The van der Waals surface area contributed by atoms with Gasteiger partial charge in [-0.2, -0.15) is 0 Å².